The second kappa shape index (κ2) is 11.4. The van der Waals surface area contributed by atoms with Crippen LogP contribution in [0.25, 0.3) is 0 Å². The van der Waals surface area contributed by atoms with Gasteiger partial charge in [0.1, 0.15) is 10.6 Å². The van der Waals surface area contributed by atoms with Crippen LogP contribution in [-0.4, -0.2) is 94.4 Å². The van der Waals surface area contributed by atoms with E-state index in [4.69, 9.17) is 4.74 Å². The van der Waals surface area contributed by atoms with E-state index in [1.165, 1.54) is 17.5 Å². The zero-order valence-corrected chi connectivity index (χ0v) is 20.5. The van der Waals surface area contributed by atoms with Gasteiger partial charge in [-0.3, -0.25) is 4.79 Å². The molecule has 3 rings (SSSR count). The number of carbonyl (C=O) groups excluding carboxylic acids is 1. The molecule has 1 aromatic carbocycles. The van der Waals surface area contributed by atoms with E-state index in [-0.39, 0.29) is 22.6 Å². The number of nitrogens with zero attached hydrogens (tertiary/aromatic N) is 3. The highest BCUT2D eigenvalue weighted by molar-refractivity contribution is 7.89. The molecule has 9 heteroatoms. The van der Waals surface area contributed by atoms with E-state index in [0.717, 1.165) is 64.8 Å². The van der Waals surface area contributed by atoms with Crippen molar-refractivity contribution in [3.63, 3.8) is 0 Å². The fourth-order valence-corrected chi connectivity index (χ4v) is 6.29. The molecular formula is C23H38N4O4S. The molecule has 2 fully saturated rings. The zero-order valence-electron chi connectivity index (χ0n) is 19.7. The smallest absolute Gasteiger partial charge is 0.251 e. The van der Waals surface area contributed by atoms with Crippen molar-refractivity contribution in [2.75, 3.05) is 60.0 Å². The third kappa shape index (κ3) is 6.21. The average molecular weight is 467 g/mol. The molecule has 2 aliphatic rings. The number of carbonyl (C=O) groups is 1. The van der Waals surface area contributed by atoms with Crippen LogP contribution in [-0.2, 0) is 10.0 Å². The third-order valence-electron chi connectivity index (χ3n) is 6.54. The van der Waals surface area contributed by atoms with Crippen LogP contribution >= 0.6 is 0 Å². The van der Waals surface area contributed by atoms with E-state index < -0.39 is 10.0 Å². The normalized spacial score (nSPS) is 21.4. The van der Waals surface area contributed by atoms with Crippen molar-refractivity contribution in [1.82, 2.24) is 19.4 Å². The Balaban J connectivity index is 1.57. The first-order chi connectivity index (χ1) is 15.3. The molecule has 32 heavy (non-hydrogen) atoms. The lowest BCUT2D eigenvalue weighted by Gasteiger charge is -2.32. The SMILES string of the molecule is COc1ccc(C(=O)NCCCCN2CCN(C)CC2)cc1S(=O)(=O)N1CCCCC1C. The van der Waals surface area contributed by atoms with Crippen LogP contribution in [0.15, 0.2) is 23.1 Å². The molecule has 0 spiro atoms. The summed E-state index contributed by atoms with van der Waals surface area (Å²) in [6.07, 6.45) is 4.64. The van der Waals surface area contributed by atoms with Crippen molar-refractivity contribution >= 4 is 15.9 Å². The molecule has 0 aliphatic carbocycles. The number of sulfonamides is 1. The van der Waals surface area contributed by atoms with Crippen molar-refractivity contribution in [3.8, 4) is 5.75 Å². The Labute approximate surface area is 192 Å². The number of likely N-dealkylation sites (N-methyl/N-ethyl adjacent to an activating group) is 1. The fourth-order valence-electron chi connectivity index (χ4n) is 4.41. The van der Waals surface area contributed by atoms with E-state index in [1.807, 2.05) is 6.92 Å². The number of methoxy groups -OCH3 is 1. The number of piperazine rings is 1. The lowest BCUT2D eigenvalue weighted by molar-refractivity contribution is 0.0951. The van der Waals surface area contributed by atoms with Crippen LogP contribution in [0.3, 0.4) is 0 Å². The minimum atomic E-state index is -3.74. The second-order valence-electron chi connectivity index (χ2n) is 8.93. The standard InChI is InChI=1S/C23H38N4O4S/c1-19-8-4-6-13-27(19)32(29,30)22-18-20(9-10-21(22)31-3)23(28)24-11-5-7-12-26-16-14-25(2)15-17-26/h9-10,18-19H,4-8,11-17H2,1-3H3,(H,24,28). The molecule has 1 N–H and O–H groups in total. The molecule has 0 aromatic heterocycles. The highest BCUT2D eigenvalue weighted by Gasteiger charge is 2.33. The monoisotopic (exact) mass is 466 g/mol. The zero-order chi connectivity index (χ0) is 23.1. The van der Waals surface area contributed by atoms with Crippen molar-refractivity contribution in [3.05, 3.63) is 23.8 Å². The summed E-state index contributed by atoms with van der Waals surface area (Å²) in [5.41, 5.74) is 0.341. The van der Waals surface area contributed by atoms with Crippen molar-refractivity contribution in [2.24, 2.45) is 0 Å². The van der Waals surface area contributed by atoms with Crippen molar-refractivity contribution < 1.29 is 17.9 Å². The third-order valence-corrected chi connectivity index (χ3v) is 8.57. The van der Waals surface area contributed by atoms with Gasteiger partial charge in [0.2, 0.25) is 10.0 Å². The summed E-state index contributed by atoms with van der Waals surface area (Å²) in [5, 5.41) is 2.93. The van der Waals surface area contributed by atoms with Crippen LogP contribution < -0.4 is 10.1 Å². The van der Waals surface area contributed by atoms with Gasteiger partial charge in [-0.25, -0.2) is 8.42 Å². The summed E-state index contributed by atoms with van der Waals surface area (Å²) < 4.78 is 33.5. The molecule has 0 saturated carbocycles. The van der Waals surface area contributed by atoms with Gasteiger partial charge in [-0.05, 0) is 64.4 Å². The highest BCUT2D eigenvalue weighted by atomic mass is 32.2. The number of benzene rings is 1. The molecule has 1 atom stereocenters. The summed E-state index contributed by atoms with van der Waals surface area (Å²) in [7, 11) is -0.135. The minimum Gasteiger partial charge on any atom is -0.495 e. The summed E-state index contributed by atoms with van der Waals surface area (Å²) in [5.74, 6) is 0.0156. The highest BCUT2D eigenvalue weighted by Crippen LogP contribution is 2.31. The fraction of sp³-hybridized carbons (Fsp3) is 0.696. The molecule has 1 aromatic rings. The Hall–Kier alpha value is -1.68. The number of hydrogen-bond donors (Lipinski definition) is 1. The van der Waals surface area contributed by atoms with E-state index >= 15 is 0 Å². The molecule has 1 unspecified atom stereocenters. The van der Waals surface area contributed by atoms with E-state index in [2.05, 4.69) is 22.2 Å². The first kappa shape index (κ1) is 25.0. The molecule has 2 aliphatic heterocycles. The quantitative estimate of drug-likeness (QED) is 0.561. The number of amides is 1. The number of hydrogen-bond acceptors (Lipinski definition) is 6. The lowest BCUT2D eigenvalue weighted by Crippen LogP contribution is -2.44. The maximum Gasteiger partial charge on any atom is 0.251 e. The molecule has 0 radical (unpaired) electrons. The van der Waals surface area contributed by atoms with Crippen LogP contribution in [0.5, 0.6) is 5.75 Å². The van der Waals surface area contributed by atoms with Crippen LogP contribution in [0.4, 0.5) is 0 Å². The Bertz CT molecular complexity index is 869. The largest absolute Gasteiger partial charge is 0.495 e. The number of rotatable bonds is 9. The Morgan fingerprint density at radius 3 is 2.56 bits per heavy atom. The summed E-state index contributed by atoms with van der Waals surface area (Å²) in [6.45, 7) is 8.46. The van der Waals surface area contributed by atoms with Gasteiger partial charge in [0.05, 0.1) is 7.11 Å². The molecule has 0 bridgehead atoms. The molecular weight excluding hydrogens is 428 g/mol. The summed E-state index contributed by atoms with van der Waals surface area (Å²) >= 11 is 0. The molecule has 180 valence electrons. The number of piperidine rings is 1. The van der Waals surface area contributed by atoms with Crippen LogP contribution in [0, 0.1) is 0 Å². The van der Waals surface area contributed by atoms with E-state index in [0.29, 0.717) is 18.7 Å². The second-order valence-corrected chi connectivity index (χ2v) is 10.8. The first-order valence-electron chi connectivity index (χ1n) is 11.7. The van der Waals surface area contributed by atoms with Gasteiger partial charge in [0, 0.05) is 50.9 Å². The Morgan fingerprint density at radius 2 is 1.88 bits per heavy atom. The Morgan fingerprint density at radius 1 is 1.12 bits per heavy atom. The number of nitrogens with one attached hydrogen (secondary N) is 1. The van der Waals surface area contributed by atoms with Crippen molar-refractivity contribution in [1.29, 1.82) is 0 Å². The maximum atomic E-state index is 13.3. The topological polar surface area (TPSA) is 82.2 Å². The predicted octanol–water partition coefficient (Wildman–Crippen LogP) is 2.02. The number of unbranched alkanes of at least 4 members (excludes halogenated alkanes) is 1. The van der Waals surface area contributed by atoms with Gasteiger partial charge >= 0.3 is 0 Å². The van der Waals surface area contributed by atoms with Crippen LogP contribution in [0.2, 0.25) is 0 Å². The summed E-state index contributed by atoms with van der Waals surface area (Å²) in [4.78, 5) is 17.6. The maximum absolute atomic E-state index is 13.3. The molecule has 1 amide bonds. The van der Waals surface area contributed by atoms with Gasteiger partial charge in [0.15, 0.2) is 0 Å². The molecule has 2 heterocycles. The van der Waals surface area contributed by atoms with Gasteiger partial charge in [0.25, 0.3) is 5.91 Å². The van der Waals surface area contributed by atoms with Gasteiger partial charge in [-0.1, -0.05) is 6.42 Å². The van der Waals surface area contributed by atoms with Gasteiger partial charge < -0.3 is 19.9 Å². The molecule has 2 saturated heterocycles. The Kier molecular flexibility index (Phi) is 8.93. The van der Waals surface area contributed by atoms with Crippen molar-refractivity contribution in [2.45, 2.75) is 50.0 Å². The van der Waals surface area contributed by atoms with E-state index in [9.17, 15) is 13.2 Å². The van der Waals surface area contributed by atoms with Gasteiger partial charge in [-0.15, -0.1) is 0 Å². The van der Waals surface area contributed by atoms with E-state index in [1.54, 1.807) is 12.1 Å². The minimum absolute atomic E-state index is 0.0590. The molecule has 8 nitrogen and oxygen atoms in total. The predicted molar refractivity (Wildman–Crippen MR) is 126 cm³/mol. The van der Waals surface area contributed by atoms with Gasteiger partial charge in [-0.2, -0.15) is 4.31 Å². The number of ether oxygens (including phenoxy) is 1. The lowest BCUT2D eigenvalue weighted by atomic mass is 10.1. The van der Waals surface area contributed by atoms with Crippen LogP contribution in [0.1, 0.15) is 49.4 Å². The average Bonchev–Trinajstić information content (AvgIpc) is 2.79. The first-order valence-corrected chi connectivity index (χ1v) is 13.2. The summed E-state index contributed by atoms with van der Waals surface area (Å²) in [6, 6.07) is 4.59.